The minimum absolute atomic E-state index is 0.166. The van der Waals surface area contributed by atoms with E-state index in [1.807, 2.05) is 31.0 Å². The van der Waals surface area contributed by atoms with Crippen LogP contribution in [0.2, 0.25) is 0 Å². The third-order valence-corrected chi connectivity index (χ3v) is 3.98. The maximum Gasteiger partial charge on any atom is 0.190 e. The first-order chi connectivity index (χ1) is 10.9. The van der Waals surface area contributed by atoms with Crippen LogP contribution in [0.15, 0.2) is 30.5 Å². The molecule has 124 valence electrons. The van der Waals surface area contributed by atoms with Gasteiger partial charge in [0.05, 0.1) is 7.11 Å². The molecule has 0 spiro atoms. The fraction of sp³-hybridized carbons (Fsp3) is 0.389. The lowest BCUT2D eigenvalue weighted by atomic mass is 10.1. The first-order valence-corrected chi connectivity index (χ1v) is 7.55. The molecule has 5 heteroatoms. The lowest BCUT2D eigenvalue weighted by Crippen LogP contribution is -2.31. The van der Waals surface area contributed by atoms with Crippen molar-refractivity contribution in [1.29, 1.82) is 0 Å². The number of rotatable bonds is 6. The number of hydrogen-bond acceptors (Lipinski definition) is 3. The van der Waals surface area contributed by atoms with Crippen LogP contribution in [0.5, 0.6) is 5.75 Å². The van der Waals surface area contributed by atoms with E-state index in [9.17, 15) is 8.78 Å². The molecule has 1 heterocycles. The molecule has 23 heavy (non-hydrogen) atoms. The zero-order valence-electron chi connectivity index (χ0n) is 13.9. The van der Waals surface area contributed by atoms with Crippen molar-refractivity contribution in [1.82, 2.24) is 9.88 Å². The number of hydrogen-bond donors (Lipinski definition) is 0. The second-order valence-corrected chi connectivity index (χ2v) is 5.85. The molecule has 1 unspecified atom stereocenters. The van der Waals surface area contributed by atoms with Crippen LogP contribution in [-0.2, 0) is 13.0 Å². The van der Waals surface area contributed by atoms with Gasteiger partial charge in [-0.15, -0.1) is 0 Å². The largest absolute Gasteiger partial charge is 0.491 e. The molecule has 1 aromatic carbocycles. The Morgan fingerprint density at radius 3 is 2.65 bits per heavy atom. The van der Waals surface area contributed by atoms with Crippen molar-refractivity contribution in [3.05, 3.63) is 58.9 Å². The van der Waals surface area contributed by atoms with Gasteiger partial charge >= 0.3 is 0 Å². The highest BCUT2D eigenvalue weighted by Gasteiger charge is 2.18. The summed E-state index contributed by atoms with van der Waals surface area (Å²) in [7, 11) is 3.18. The predicted molar refractivity (Wildman–Crippen MR) is 86.5 cm³/mol. The van der Waals surface area contributed by atoms with E-state index < -0.39 is 11.6 Å². The normalized spacial score (nSPS) is 12.5. The molecule has 0 amide bonds. The number of pyridine rings is 1. The second kappa shape index (κ2) is 7.51. The average Bonchev–Trinajstić information content (AvgIpc) is 2.50. The molecule has 2 aromatic rings. The summed E-state index contributed by atoms with van der Waals surface area (Å²) in [6.07, 6.45) is 2.56. The van der Waals surface area contributed by atoms with Gasteiger partial charge in [-0.1, -0.05) is 6.07 Å². The minimum Gasteiger partial charge on any atom is -0.491 e. The molecule has 0 fully saturated rings. The molecule has 0 aliphatic heterocycles. The molecule has 0 bridgehead atoms. The molecule has 0 aliphatic rings. The molecular weight excluding hydrogens is 298 g/mol. The Kier molecular flexibility index (Phi) is 5.66. The molecule has 0 N–H and O–H groups in total. The number of aromatic nitrogens is 1. The third-order valence-electron chi connectivity index (χ3n) is 3.98. The molecular formula is C18H22F2N2O. The van der Waals surface area contributed by atoms with E-state index in [0.29, 0.717) is 12.1 Å². The van der Waals surface area contributed by atoms with Gasteiger partial charge in [-0.05, 0) is 44.7 Å². The van der Waals surface area contributed by atoms with Crippen LogP contribution >= 0.6 is 0 Å². The number of benzene rings is 1. The zero-order chi connectivity index (χ0) is 17.0. The van der Waals surface area contributed by atoms with Crippen molar-refractivity contribution in [2.75, 3.05) is 14.2 Å². The topological polar surface area (TPSA) is 25.4 Å². The maximum atomic E-state index is 14.2. The second-order valence-electron chi connectivity index (χ2n) is 5.85. The summed E-state index contributed by atoms with van der Waals surface area (Å²) in [5, 5.41) is 0. The van der Waals surface area contributed by atoms with Crippen molar-refractivity contribution in [3.63, 3.8) is 0 Å². The summed E-state index contributed by atoms with van der Waals surface area (Å²) in [5.74, 6) is -1.66. The van der Waals surface area contributed by atoms with E-state index in [2.05, 4.69) is 11.9 Å². The molecule has 1 atom stereocenters. The van der Waals surface area contributed by atoms with Gasteiger partial charge in [0.1, 0.15) is 0 Å². The first kappa shape index (κ1) is 17.3. The number of methoxy groups -OCH3 is 1. The van der Waals surface area contributed by atoms with Gasteiger partial charge in [-0.3, -0.25) is 9.88 Å². The smallest absolute Gasteiger partial charge is 0.190 e. The summed E-state index contributed by atoms with van der Waals surface area (Å²) in [6.45, 7) is 4.46. The Hall–Kier alpha value is -2.01. The lowest BCUT2D eigenvalue weighted by Gasteiger charge is -2.25. The Morgan fingerprint density at radius 1 is 1.26 bits per heavy atom. The molecule has 2 rings (SSSR count). The molecule has 1 aromatic heterocycles. The van der Waals surface area contributed by atoms with Crippen molar-refractivity contribution in [2.24, 2.45) is 0 Å². The van der Waals surface area contributed by atoms with Crippen molar-refractivity contribution >= 4 is 0 Å². The Bertz CT molecular complexity index is 676. The zero-order valence-corrected chi connectivity index (χ0v) is 13.9. The number of nitrogens with zero attached hydrogens (tertiary/aromatic N) is 2. The summed E-state index contributed by atoms with van der Waals surface area (Å²) >= 11 is 0. The van der Waals surface area contributed by atoms with Crippen molar-refractivity contribution < 1.29 is 13.5 Å². The van der Waals surface area contributed by atoms with Crippen molar-refractivity contribution in [3.8, 4) is 5.75 Å². The first-order valence-electron chi connectivity index (χ1n) is 7.55. The minimum atomic E-state index is -0.687. The van der Waals surface area contributed by atoms with Gasteiger partial charge in [0.15, 0.2) is 17.4 Å². The fourth-order valence-electron chi connectivity index (χ4n) is 2.48. The lowest BCUT2D eigenvalue weighted by molar-refractivity contribution is 0.242. The Balaban J connectivity index is 2.08. The van der Waals surface area contributed by atoms with E-state index in [0.717, 1.165) is 12.1 Å². The van der Waals surface area contributed by atoms with Gasteiger partial charge in [0.25, 0.3) is 0 Å². The number of likely N-dealkylation sites (N-methyl/N-ethyl adjacent to an activating group) is 1. The average molecular weight is 320 g/mol. The van der Waals surface area contributed by atoms with Crippen LogP contribution in [0, 0.1) is 18.6 Å². The summed E-state index contributed by atoms with van der Waals surface area (Å²) in [4.78, 5) is 6.37. The van der Waals surface area contributed by atoms with E-state index in [4.69, 9.17) is 4.74 Å². The van der Waals surface area contributed by atoms with E-state index in [1.54, 1.807) is 6.20 Å². The van der Waals surface area contributed by atoms with Crippen LogP contribution in [0.25, 0.3) is 0 Å². The Morgan fingerprint density at radius 2 is 2.00 bits per heavy atom. The van der Waals surface area contributed by atoms with Gasteiger partial charge < -0.3 is 4.74 Å². The number of ether oxygens (including phenoxy) is 1. The molecule has 0 radical (unpaired) electrons. The van der Waals surface area contributed by atoms with E-state index >= 15 is 0 Å². The fourth-order valence-corrected chi connectivity index (χ4v) is 2.48. The van der Waals surface area contributed by atoms with Gasteiger partial charge in [0.2, 0.25) is 0 Å². The van der Waals surface area contributed by atoms with Crippen LogP contribution in [0.1, 0.15) is 23.7 Å². The van der Waals surface area contributed by atoms with Gasteiger partial charge in [-0.2, -0.15) is 0 Å². The highest BCUT2D eigenvalue weighted by molar-refractivity contribution is 5.32. The monoisotopic (exact) mass is 320 g/mol. The maximum absolute atomic E-state index is 14.2. The van der Waals surface area contributed by atoms with E-state index in [1.165, 1.54) is 24.8 Å². The standard InChI is InChI=1S/C18H22F2N2O/c1-12-7-8-21-15(9-12)10-13(2)22(3)11-14-5-6-16(19)18(23-4)17(14)20/h5-9,13H,10-11H2,1-4H3. The van der Waals surface area contributed by atoms with Crippen LogP contribution in [0.3, 0.4) is 0 Å². The van der Waals surface area contributed by atoms with E-state index in [-0.39, 0.29) is 11.8 Å². The molecule has 0 saturated carbocycles. The van der Waals surface area contributed by atoms with Crippen LogP contribution in [0.4, 0.5) is 8.78 Å². The molecule has 0 saturated heterocycles. The number of halogens is 2. The van der Waals surface area contributed by atoms with Crippen LogP contribution < -0.4 is 4.74 Å². The number of aryl methyl sites for hydroxylation is 1. The predicted octanol–water partition coefficient (Wildman–Crippen LogP) is 3.74. The van der Waals surface area contributed by atoms with Gasteiger partial charge in [0, 0.05) is 36.5 Å². The SMILES string of the molecule is COc1c(F)ccc(CN(C)C(C)Cc2cc(C)ccn2)c1F. The highest BCUT2D eigenvalue weighted by atomic mass is 19.1. The summed E-state index contributed by atoms with van der Waals surface area (Å²) < 4.78 is 32.5. The highest BCUT2D eigenvalue weighted by Crippen LogP contribution is 2.25. The van der Waals surface area contributed by atoms with Gasteiger partial charge in [-0.25, -0.2) is 8.78 Å². The molecule has 3 nitrogen and oxygen atoms in total. The Labute approximate surface area is 135 Å². The quantitative estimate of drug-likeness (QED) is 0.811. The summed E-state index contributed by atoms with van der Waals surface area (Å²) in [6, 6.07) is 6.86. The molecule has 0 aliphatic carbocycles. The third kappa shape index (κ3) is 4.26. The summed E-state index contributed by atoms with van der Waals surface area (Å²) in [5.41, 5.74) is 2.58. The van der Waals surface area contributed by atoms with Crippen molar-refractivity contribution in [2.45, 2.75) is 32.9 Å². The van der Waals surface area contributed by atoms with Crippen LogP contribution in [-0.4, -0.2) is 30.1 Å².